The minimum Gasteiger partial charge on any atom is -0.329 e. The molecule has 1 saturated heterocycles. The second-order valence-electron chi connectivity index (χ2n) is 6.35. The van der Waals surface area contributed by atoms with Gasteiger partial charge in [-0.1, -0.05) is 6.92 Å². The second-order valence-corrected chi connectivity index (χ2v) is 8.44. The lowest BCUT2D eigenvalue weighted by Crippen LogP contribution is -2.40. The van der Waals surface area contributed by atoms with Gasteiger partial charge in [0.1, 0.15) is 5.82 Å². The Hall–Kier alpha value is -0.880. The Labute approximate surface area is 127 Å². The third kappa shape index (κ3) is 3.01. The van der Waals surface area contributed by atoms with Gasteiger partial charge in [0.25, 0.3) is 0 Å². The maximum Gasteiger partial charge on any atom is 0.214 e. The van der Waals surface area contributed by atoms with E-state index in [0.29, 0.717) is 31.5 Å². The zero-order chi connectivity index (χ0) is 15.0. The van der Waals surface area contributed by atoms with Crippen molar-refractivity contribution >= 4 is 10.0 Å². The lowest BCUT2D eigenvalue weighted by molar-refractivity contribution is 0.268. The molecule has 0 amide bonds. The van der Waals surface area contributed by atoms with Crippen LogP contribution in [-0.4, -0.2) is 41.1 Å². The van der Waals surface area contributed by atoms with Crippen molar-refractivity contribution in [1.82, 2.24) is 13.9 Å². The molecule has 5 nitrogen and oxygen atoms in total. The van der Waals surface area contributed by atoms with E-state index in [2.05, 4.69) is 16.5 Å². The molecule has 1 aromatic heterocycles. The molecule has 21 heavy (non-hydrogen) atoms. The molecule has 3 rings (SSSR count). The zero-order valence-corrected chi connectivity index (χ0v) is 13.8. The number of aromatic nitrogens is 2. The number of piperidine rings is 1. The molecule has 1 aliphatic heterocycles. The molecule has 2 aliphatic rings. The van der Waals surface area contributed by atoms with Gasteiger partial charge in [0.15, 0.2) is 0 Å². The zero-order valence-electron chi connectivity index (χ0n) is 13.0. The number of imidazole rings is 1. The highest BCUT2D eigenvalue weighted by atomic mass is 32.2. The Bertz CT molecular complexity index is 596. The first-order valence-electron chi connectivity index (χ1n) is 8.04. The molecular weight excluding hydrogens is 286 g/mol. The van der Waals surface area contributed by atoms with E-state index < -0.39 is 10.0 Å². The molecule has 0 bridgehead atoms. The van der Waals surface area contributed by atoms with Crippen LogP contribution in [0.5, 0.6) is 0 Å². The van der Waals surface area contributed by atoms with Crippen molar-refractivity contribution in [2.24, 2.45) is 0 Å². The fourth-order valence-corrected chi connectivity index (χ4v) is 4.89. The number of aryl methyl sites for hydroxylation is 1. The summed E-state index contributed by atoms with van der Waals surface area (Å²) in [5.74, 6) is 2.14. The molecule has 1 aliphatic carbocycles. The first-order chi connectivity index (χ1) is 10.0. The van der Waals surface area contributed by atoms with E-state index >= 15 is 0 Å². The van der Waals surface area contributed by atoms with Crippen molar-refractivity contribution < 1.29 is 8.42 Å². The fraction of sp³-hybridized carbons (Fsp3) is 0.800. The summed E-state index contributed by atoms with van der Waals surface area (Å²) in [4.78, 5) is 4.58. The molecule has 0 radical (unpaired) electrons. The normalized spacial score (nSPS) is 21.8. The summed E-state index contributed by atoms with van der Waals surface area (Å²) in [6, 6.07) is 0.413. The Morgan fingerprint density at radius 1 is 1.24 bits per heavy atom. The number of rotatable bonds is 5. The van der Waals surface area contributed by atoms with Crippen LogP contribution < -0.4 is 0 Å². The van der Waals surface area contributed by atoms with Crippen LogP contribution in [0.1, 0.15) is 62.5 Å². The van der Waals surface area contributed by atoms with E-state index in [1.165, 1.54) is 24.4 Å². The number of hydrogen-bond acceptors (Lipinski definition) is 3. The summed E-state index contributed by atoms with van der Waals surface area (Å²) in [6.45, 7) is 5.32. The Balaban J connectivity index is 1.70. The van der Waals surface area contributed by atoms with Crippen LogP contribution in [0, 0.1) is 6.92 Å². The van der Waals surface area contributed by atoms with Crippen molar-refractivity contribution in [1.29, 1.82) is 0 Å². The standard InChI is InChI=1S/C15H25N3O2S/c1-3-10-21(19,20)17-8-6-14(7-9-17)18-12(2)11-16-15(18)13-4-5-13/h11,13-14H,3-10H2,1-2H3. The van der Waals surface area contributed by atoms with Crippen LogP contribution in [-0.2, 0) is 10.0 Å². The molecule has 0 aromatic carbocycles. The van der Waals surface area contributed by atoms with Crippen LogP contribution in [0.15, 0.2) is 6.20 Å². The molecule has 0 N–H and O–H groups in total. The lowest BCUT2D eigenvalue weighted by Gasteiger charge is -2.33. The highest BCUT2D eigenvalue weighted by Crippen LogP contribution is 2.41. The van der Waals surface area contributed by atoms with Gasteiger partial charge in [-0.25, -0.2) is 17.7 Å². The van der Waals surface area contributed by atoms with E-state index in [1.54, 1.807) is 4.31 Å². The van der Waals surface area contributed by atoms with E-state index in [-0.39, 0.29) is 5.75 Å². The van der Waals surface area contributed by atoms with Crippen LogP contribution in [0.25, 0.3) is 0 Å². The van der Waals surface area contributed by atoms with Crippen molar-refractivity contribution in [3.63, 3.8) is 0 Å². The van der Waals surface area contributed by atoms with Crippen molar-refractivity contribution in [3.8, 4) is 0 Å². The van der Waals surface area contributed by atoms with Gasteiger partial charge in [-0.05, 0) is 39.0 Å². The van der Waals surface area contributed by atoms with Gasteiger partial charge >= 0.3 is 0 Å². The maximum atomic E-state index is 12.1. The summed E-state index contributed by atoms with van der Waals surface area (Å²) in [5.41, 5.74) is 1.21. The molecule has 6 heteroatoms. The molecule has 2 fully saturated rings. The first kappa shape index (κ1) is 15.0. The third-order valence-electron chi connectivity index (χ3n) is 4.60. The molecule has 0 unspecified atom stereocenters. The minimum atomic E-state index is -3.04. The van der Waals surface area contributed by atoms with E-state index in [4.69, 9.17) is 0 Å². The van der Waals surface area contributed by atoms with E-state index in [1.807, 2.05) is 13.1 Å². The van der Waals surface area contributed by atoms with Gasteiger partial charge in [0.05, 0.1) is 5.75 Å². The van der Waals surface area contributed by atoms with Crippen molar-refractivity contribution in [2.45, 2.75) is 57.9 Å². The highest BCUT2D eigenvalue weighted by molar-refractivity contribution is 7.89. The van der Waals surface area contributed by atoms with Crippen LogP contribution in [0.4, 0.5) is 0 Å². The summed E-state index contributed by atoms with van der Waals surface area (Å²) in [7, 11) is -3.04. The molecule has 2 heterocycles. The average molecular weight is 311 g/mol. The summed E-state index contributed by atoms with van der Waals surface area (Å²) in [6.07, 6.45) is 6.96. The van der Waals surface area contributed by atoms with Gasteiger partial charge in [-0.2, -0.15) is 0 Å². The van der Waals surface area contributed by atoms with Gasteiger partial charge < -0.3 is 4.57 Å². The monoisotopic (exact) mass is 311 g/mol. The van der Waals surface area contributed by atoms with Gasteiger partial charge in [-0.3, -0.25) is 0 Å². The molecule has 1 aromatic rings. The minimum absolute atomic E-state index is 0.273. The highest BCUT2D eigenvalue weighted by Gasteiger charge is 2.33. The predicted octanol–water partition coefficient (Wildman–Crippen LogP) is 2.45. The Kier molecular flexibility index (Phi) is 4.10. The van der Waals surface area contributed by atoms with Gasteiger partial charge in [0, 0.05) is 36.9 Å². The van der Waals surface area contributed by atoms with Crippen LogP contribution >= 0.6 is 0 Å². The second kappa shape index (κ2) is 5.72. The molecule has 1 saturated carbocycles. The first-order valence-corrected chi connectivity index (χ1v) is 9.65. The molecule has 0 atom stereocenters. The maximum absolute atomic E-state index is 12.1. The predicted molar refractivity (Wildman–Crippen MR) is 82.9 cm³/mol. The Morgan fingerprint density at radius 3 is 2.48 bits per heavy atom. The number of hydrogen-bond donors (Lipinski definition) is 0. The number of sulfonamides is 1. The van der Waals surface area contributed by atoms with Crippen LogP contribution in [0.3, 0.4) is 0 Å². The molecular formula is C15H25N3O2S. The SMILES string of the molecule is CCCS(=O)(=O)N1CCC(n2c(C)cnc2C2CC2)CC1. The lowest BCUT2D eigenvalue weighted by atomic mass is 10.1. The number of nitrogens with zero attached hydrogens (tertiary/aromatic N) is 3. The summed E-state index contributed by atoms with van der Waals surface area (Å²) in [5, 5.41) is 0. The van der Waals surface area contributed by atoms with E-state index in [0.717, 1.165) is 12.8 Å². The van der Waals surface area contributed by atoms with Crippen molar-refractivity contribution in [2.75, 3.05) is 18.8 Å². The van der Waals surface area contributed by atoms with Crippen molar-refractivity contribution in [3.05, 3.63) is 17.7 Å². The average Bonchev–Trinajstić information content (AvgIpc) is 3.22. The van der Waals surface area contributed by atoms with Crippen LogP contribution in [0.2, 0.25) is 0 Å². The smallest absolute Gasteiger partial charge is 0.214 e. The van der Waals surface area contributed by atoms with Gasteiger partial charge in [0.2, 0.25) is 10.0 Å². The molecule has 0 spiro atoms. The van der Waals surface area contributed by atoms with Gasteiger partial charge in [-0.15, -0.1) is 0 Å². The summed E-state index contributed by atoms with van der Waals surface area (Å²) >= 11 is 0. The molecule has 118 valence electrons. The quantitative estimate of drug-likeness (QED) is 0.839. The van der Waals surface area contributed by atoms with E-state index in [9.17, 15) is 8.42 Å². The topological polar surface area (TPSA) is 55.2 Å². The Morgan fingerprint density at radius 2 is 1.90 bits per heavy atom. The largest absolute Gasteiger partial charge is 0.329 e. The fourth-order valence-electron chi connectivity index (χ4n) is 3.35. The summed E-state index contributed by atoms with van der Waals surface area (Å²) < 4.78 is 28.3. The third-order valence-corrected chi connectivity index (χ3v) is 6.67.